The van der Waals surface area contributed by atoms with E-state index in [4.69, 9.17) is 0 Å². The van der Waals surface area contributed by atoms with Crippen molar-refractivity contribution < 1.29 is 0 Å². The van der Waals surface area contributed by atoms with Gasteiger partial charge in [0.15, 0.2) is 0 Å². The Labute approximate surface area is 142 Å². The van der Waals surface area contributed by atoms with E-state index in [1.54, 1.807) is 0 Å². The Bertz CT molecular complexity index is 946. The lowest BCUT2D eigenvalue weighted by molar-refractivity contribution is 0.816. The lowest BCUT2D eigenvalue weighted by Crippen LogP contribution is -2.01. The van der Waals surface area contributed by atoms with Gasteiger partial charge in [0.2, 0.25) is 0 Å². The van der Waals surface area contributed by atoms with Crippen LogP contribution in [0.3, 0.4) is 0 Å². The molecule has 2 aliphatic rings. The summed E-state index contributed by atoms with van der Waals surface area (Å²) >= 11 is 0. The molecule has 24 heavy (non-hydrogen) atoms. The Morgan fingerprint density at radius 2 is 1.75 bits per heavy atom. The molecule has 3 aromatic rings. The molecule has 0 radical (unpaired) electrons. The number of H-pyrrole nitrogens is 1. The van der Waals surface area contributed by atoms with Crippen LogP contribution >= 0.6 is 0 Å². The van der Waals surface area contributed by atoms with Gasteiger partial charge in [-0.1, -0.05) is 60.7 Å². The van der Waals surface area contributed by atoms with Crippen LogP contribution in [0.15, 0.2) is 79.0 Å². The van der Waals surface area contributed by atoms with Crippen molar-refractivity contribution in [2.45, 2.75) is 12.8 Å². The fraction of sp³-hybridized carbons (Fsp3) is 0.130. The first kappa shape index (κ1) is 13.6. The summed E-state index contributed by atoms with van der Waals surface area (Å²) in [7, 11) is 0. The third-order valence-corrected chi connectivity index (χ3v) is 5.22. The predicted octanol–water partition coefficient (Wildman–Crippen LogP) is 5.54. The highest BCUT2D eigenvalue weighted by Crippen LogP contribution is 2.43. The largest absolute Gasteiger partial charge is 0.361 e. The maximum atomic E-state index is 3.44. The second-order valence-electron chi connectivity index (χ2n) is 6.68. The van der Waals surface area contributed by atoms with E-state index in [0.29, 0.717) is 5.92 Å². The molecule has 1 aromatic heterocycles. The van der Waals surface area contributed by atoms with E-state index >= 15 is 0 Å². The summed E-state index contributed by atoms with van der Waals surface area (Å²) in [6, 6.07) is 17.7. The summed E-state index contributed by atoms with van der Waals surface area (Å²) in [5.74, 6) is 0.514. The molecule has 2 aromatic carbocycles. The fourth-order valence-corrected chi connectivity index (χ4v) is 4.12. The minimum Gasteiger partial charge on any atom is -0.361 e. The molecule has 2 aliphatic carbocycles. The van der Waals surface area contributed by atoms with Gasteiger partial charge < -0.3 is 4.98 Å². The Morgan fingerprint density at radius 3 is 2.58 bits per heavy atom. The molecule has 1 nitrogen and oxygen atoms in total. The molecule has 116 valence electrons. The smallest absolute Gasteiger partial charge is 0.0459 e. The third kappa shape index (κ3) is 2.09. The van der Waals surface area contributed by atoms with Gasteiger partial charge in [-0.25, -0.2) is 0 Å². The average molecular weight is 309 g/mol. The maximum Gasteiger partial charge on any atom is 0.0459 e. The number of benzene rings is 2. The number of rotatable bonds is 3. The molecular weight excluding hydrogens is 290 g/mol. The van der Waals surface area contributed by atoms with Crippen LogP contribution in [0.1, 0.15) is 16.7 Å². The van der Waals surface area contributed by atoms with Crippen LogP contribution in [0, 0.1) is 5.92 Å². The molecule has 0 saturated heterocycles. The second kappa shape index (κ2) is 5.38. The van der Waals surface area contributed by atoms with Crippen molar-refractivity contribution in [3.05, 3.63) is 95.7 Å². The number of fused-ring (bicyclic) bond motifs is 3. The molecule has 5 rings (SSSR count). The lowest BCUT2D eigenvalue weighted by atomic mass is 9.89. The van der Waals surface area contributed by atoms with Gasteiger partial charge in [0.05, 0.1) is 0 Å². The van der Waals surface area contributed by atoms with Crippen molar-refractivity contribution in [2.75, 3.05) is 0 Å². The molecule has 0 aliphatic heterocycles. The zero-order valence-corrected chi connectivity index (χ0v) is 13.5. The standard InChI is InChI=1S/C23H19N/c1-2-7-16(6-1)14-18-11-12-20-19-9-4-3-8-17(19)15-21(20)23(18)22-10-5-13-24-22/h1-13,16,24H,14-15H2. The topological polar surface area (TPSA) is 15.8 Å². The van der Waals surface area contributed by atoms with Crippen LogP contribution in [0.2, 0.25) is 0 Å². The predicted molar refractivity (Wildman–Crippen MR) is 99.9 cm³/mol. The van der Waals surface area contributed by atoms with E-state index in [1.165, 1.54) is 39.1 Å². The minimum atomic E-state index is 0.514. The van der Waals surface area contributed by atoms with Gasteiger partial charge in [-0.15, -0.1) is 0 Å². The van der Waals surface area contributed by atoms with Gasteiger partial charge in [-0.2, -0.15) is 0 Å². The van der Waals surface area contributed by atoms with E-state index in [9.17, 15) is 0 Å². The highest BCUT2D eigenvalue weighted by Gasteiger charge is 2.24. The van der Waals surface area contributed by atoms with E-state index in [1.807, 2.05) is 6.20 Å². The van der Waals surface area contributed by atoms with Crippen LogP contribution in [0.25, 0.3) is 22.4 Å². The van der Waals surface area contributed by atoms with Crippen molar-refractivity contribution in [2.24, 2.45) is 5.92 Å². The van der Waals surface area contributed by atoms with Gasteiger partial charge in [0.1, 0.15) is 0 Å². The van der Waals surface area contributed by atoms with E-state index in [0.717, 1.165) is 12.8 Å². The summed E-state index contributed by atoms with van der Waals surface area (Å²) in [6.45, 7) is 0. The first-order chi connectivity index (χ1) is 11.9. The van der Waals surface area contributed by atoms with Crippen LogP contribution in [0.5, 0.6) is 0 Å². The number of hydrogen-bond donors (Lipinski definition) is 1. The quantitative estimate of drug-likeness (QED) is 0.511. The number of hydrogen-bond acceptors (Lipinski definition) is 0. The maximum absolute atomic E-state index is 3.44. The highest BCUT2D eigenvalue weighted by atomic mass is 14.7. The molecule has 1 heteroatoms. The normalized spacial score (nSPS) is 15.0. The zero-order chi connectivity index (χ0) is 15.9. The summed E-state index contributed by atoms with van der Waals surface area (Å²) in [5, 5.41) is 0. The monoisotopic (exact) mass is 309 g/mol. The van der Waals surface area contributed by atoms with Gasteiger partial charge in [-0.05, 0) is 58.7 Å². The SMILES string of the molecule is C1=CC(Cc2ccc3c(c2-c2ccc[nH]2)Cc2ccccc2-3)C=C1. The summed E-state index contributed by atoms with van der Waals surface area (Å²) in [4.78, 5) is 3.44. The van der Waals surface area contributed by atoms with Gasteiger partial charge in [-0.3, -0.25) is 0 Å². The van der Waals surface area contributed by atoms with Crippen LogP contribution in [0.4, 0.5) is 0 Å². The molecule has 0 spiro atoms. The van der Waals surface area contributed by atoms with E-state index in [-0.39, 0.29) is 0 Å². The van der Waals surface area contributed by atoms with E-state index < -0.39 is 0 Å². The zero-order valence-electron chi connectivity index (χ0n) is 13.5. The second-order valence-corrected chi connectivity index (χ2v) is 6.68. The third-order valence-electron chi connectivity index (χ3n) is 5.22. The van der Waals surface area contributed by atoms with Crippen LogP contribution in [-0.4, -0.2) is 4.98 Å². The molecule has 0 amide bonds. The first-order valence-corrected chi connectivity index (χ1v) is 8.62. The van der Waals surface area contributed by atoms with Gasteiger partial charge in [0, 0.05) is 17.5 Å². The number of nitrogens with one attached hydrogen (secondary N) is 1. The molecule has 0 fully saturated rings. The highest BCUT2D eigenvalue weighted by molar-refractivity contribution is 5.85. The van der Waals surface area contributed by atoms with Crippen LogP contribution in [-0.2, 0) is 12.8 Å². The summed E-state index contributed by atoms with van der Waals surface area (Å²) < 4.78 is 0. The van der Waals surface area contributed by atoms with Crippen molar-refractivity contribution in [3.8, 4) is 22.4 Å². The van der Waals surface area contributed by atoms with Crippen molar-refractivity contribution >= 4 is 0 Å². The molecule has 0 bridgehead atoms. The molecule has 1 heterocycles. The minimum absolute atomic E-state index is 0.514. The number of allylic oxidation sites excluding steroid dienone is 4. The van der Waals surface area contributed by atoms with Crippen molar-refractivity contribution in [3.63, 3.8) is 0 Å². The van der Waals surface area contributed by atoms with E-state index in [2.05, 4.69) is 77.8 Å². The number of aromatic amines is 1. The van der Waals surface area contributed by atoms with Crippen molar-refractivity contribution in [1.29, 1.82) is 0 Å². The first-order valence-electron chi connectivity index (χ1n) is 8.62. The van der Waals surface area contributed by atoms with Crippen LogP contribution < -0.4 is 0 Å². The summed E-state index contributed by atoms with van der Waals surface area (Å²) in [5.41, 5.74) is 9.79. The average Bonchev–Trinajstić information content (AvgIpc) is 3.35. The van der Waals surface area contributed by atoms with Gasteiger partial charge in [0.25, 0.3) is 0 Å². The molecule has 0 atom stereocenters. The molecular formula is C23H19N. The summed E-state index contributed by atoms with van der Waals surface area (Å²) in [6.07, 6.45) is 13.0. The lowest BCUT2D eigenvalue weighted by Gasteiger charge is -2.16. The number of aromatic nitrogens is 1. The van der Waals surface area contributed by atoms with Crippen molar-refractivity contribution in [1.82, 2.24) is 4.98 Å². The van der Waals surface area contributed by atoms with Gasteiger partial charge >= 0.3 is 0 Å². The fourth-order valence-electron chi connectivity index (χ4n) is 4.12. The molecule has 1 N–H and O–H groups in total. The Hall–Kier alpha value is -2.80. The molecule has 0 unspecified atom stereocenters. The Balaban J connectivity index is 1.68. The molecule has 0 saturated carbocycles. The Kier molecular flexibility index (Phi) is 3.05. The Morgan fingerprint density at radius 1 is 0.875 bits per heavy atom.